The van der Waals surface area contributed by atoms with Crippen LogP contribution in [0.4, 0.5) is 0 Å². The molecular formula is C12H25ClNa. The summed E-state index contributed by atoms with van der Waals surface area (Å²) in [5.74, 6) is 0.844. The summed E-state index contributed by atoms with van der Waals surface area (Å²) >= 11 is 5.60. The van der Waals surface area contributed by atoms with Crippen molar-refractivity contribution < 1.29 is 0 Å². The molecule has 0 nitrogen and oxygen atoms in total. The van der Waals surface area contributed by atoms with Crippen molar-refractivity contribution in [3.8, 4) is 0 Å². The number of rotatable bonds is 10. The van der Waals surface area contributed by atoms with Crippen molar-refractivity contribution in [1.29, 1.82) is 0 Å². The standard InChI is InChI=1S/C12H25Cl.Na/c1-2-3-4-5-6-7-8-9-10-11-12-13;/h2-12H2,1H3;. The van der Waals surface area contributed by atoms with E-state index < -0.39 is 0 Å². The molecule has 0 aromatic heterocycles. The number of unbranched alkanes of at least 4 members (excludes halogenated alkanes) is 9. The summed E-state index contributed by atoms with van der Waals surface area (Å²) in [6.07, 6.45) is 13.9. The number of hydrogen-bond acceptors (Lipinski definition) is 0. The van der Waals surface area contributed by atoms with E-state index in [9.17, 15) is 0 Å². The molecule has 1 radical (unpaired) electrons. The molecule has 0 aromatic carbocycles. The largest absolute Gasteiger partial charge is 0.127 e. The van der Waals surface area contributed by atoms with Crippen molar-refractivity contribution in [3.05, 3.63) is 0 Å². The molecule has 0 amide bonds. The van der Waals surface area contributed by atoms with Crippen LogP contribution in [0.1, 0.15) is 71.1 Å². The Kier molecular flexibility index (Phi) is 21.1. The van der Waals surface area contributed by atoms with Gasteiger partial charge in [-0.1, -0.05) is 64.7 Å². The first-order chi connectivity index (χ1) is 6.41. The molecule has 0 fully saturated rings. The summed E-state index contributed by atoms with van der Waals surface area (Å²) in [4.78, 5) is 0. The molecule has 14 heavy (non-hydrogen) atoms. The van der Waals surface area contributed by atoms with Gasteiger partial charge in [0.15, 0.2) is 0 Å². The minimum absolute atomic E-state index is 0. The summed E-state index contributed by atoms with van der Waals surface area (Å²) in [5.41, 5.74) is 0. The Bertz CT molecular complexity index is 76.4. The van der Waals surface area contributed by atoms with Crippen LogP contribution in [-0.4, -0.2) is 35.4 Å². The van der Waals surface area contributed by atoms with Gasteiger partial charge in [-0.15, -0.1) is 11.6 Å². The zero-order chi connectivity index (χ0) is 9.78. The maximum atomic E-state index is 5.60. The summed E-state index contributed by atoms with van der Waals surface area (Å²) in [7, 11) is 0. The topological polar surface area (TPSA) is 0 Å². The van der Waals surface area contributed by atoms with Crippen molar-refractivity contribution in [2.45, 2.75) is 71.1 Å². The molecule has 0 aliphatic carbocycles. The first-order valence-electron chi connectivity index (χ1n) is 5.97. The monoisotopic (exact) mass is 227 g/mol. The van der Waals surface area contributed by atoms with Crippen LogP contribution in [-0.2, 0) is 0 Å². The first kappa shape index (κ1) is 17.7. The molecule has 0 atom stereocenters. The van der Waals surface area contributed by atoms with Crippen LogP contribution in [0, 0.1) is 0 Å². The van der Waals surface area contributed by atoms with Gasteiger partial charge in [-0.05, 0) is 6.42 Å². The molecule has 0 saturated heterocycles. The van der Waals surface area contributed by atoms with Gasteiger partial charge in [-0.25, -0.2) is 0 Å². The molecule has 0 saturated carbocycles. The van der Waals surface area contributed by atoms with Gasteiger partial charge >= 0.3 is 0 Å². The Morgan fingerprint density at radius 3 is 1.36 bits per heavy atom. The first-order valence-corrected chi connectivity index (χ1v) is 6.51. The molecule has 81 valence electrons. The third kappa shape index (κ3) is 15.7. The predicted molar refractivity (Wildman–Crippen MR) is 68.3 cm³/mol. The molecule has 0 spiro atoms. The molecule has 0 rings (SSSR count). The molecule has 0 heterocycles. The van der Waals surface area contributed by atoms with Gasteiger partial charge in [-0.3, -0.25) is 0 Å². The summed E-state index contributed by atoms with van der Waals surface area (Å²) < 4.78 is 0. The molecule has 2 heteroatoms. The average molecular weight is 228 g/mol. The van der Waals surface area contributed by atoms with E-state index in [-0.39, 0.29) is 29.6 Å². The third-order valence-electron chi connectivity index (χ3n) is 2.49. The van der Waals surface area contributed by atoms with Crippen molar-refractivity contribution in [2.24, 2.45) is 0 Å². The summed E-state index contributed by atoms with van der Waals surface area (Å²) in [6, 6.07) is 0. The molecule has 0 N–H and O–H groups in total. The van der Waals surface area contributed by atoms with Gasteiger partial charge < -0.3 is 0 Å². The maximum absolute atomic E-state index is 5.60. The van der Waals surface area contributed by atoms with Crippen LogP contribution in [0.5, 0.6) is 0 Å². The molecule has 0 bridgehead atoms. The van der Waals surface area contributed by atoms with Crippen LogP contribution in [0.25, 0.3) is 0 Å². The van der Waals surface area contributed by atoms with Crippen LogP contribution in [0.15, 0.2) is 0 Å². The fourth-order valence-corrected chi connectivity index (χ4v) is 1.77. The van der Waals surface area contributed by atoms with E-state index >= 15 is 0 Å². The van der Waals surface area contributed by atoms with Gasteiger partial charge in [0.25, 0.3) is 0 Å². The Morgan fingerprint density at radius 1 is 0.643 bits per heavy atom. The van der Waals surface area contributed by atoms with E-state index in [1.54, 1.807) is 0 Å². The number of halogens is 1. The smallest absolute Gasteiger partial charge is 0.0223 e. The zero-order valence-corrected chi connectivity index (χ0v) is 12.9. The Hall–Kier alpha value is 1.29. The van der Waals surface area contributed by atoms with Crippen LogP contribution in [0.3, 0.4) is 0 Å². The van der Waals surface area contributed by atoms with Crippen molar-refractivity contribution in [2.75, 3.05) is 5.88 Å². The van der Waals surface area contributed by atoms with E-state index in [2.05, 4.69) is 6.92 Å². The van der Waals surface area contributed by atoms with E-state index in [1.165, 1.54) is 64.2 Å². The fourth-order valence-electron chi connectivity index (χ4n) is 1.58. The van der Waals surface area contributed by atoms with E-state index in [0.717, 1.165) is 5.88 Å². The second-order valence-corrected chi connectivity index (χ2v) is 4.25. The molecular weight excluding hydrogens is 203 g/mol. The van der Waals surface area contributed by atoms with Gasteiger partial charge in [0.2, 0.25) is 0 Å². The molecule has 0 aliphatic heterocycles. The SMILES string of the molecule is CCCCCCCCCCCCCl.[Na]. The Labute approximate surface area is 117 Å². The molecule has 0 unspecified atom stereocenters. The van der Waals surface area contributed by atoms with Crippen molar-refractivity contribution in [3.63, 3.8) is 0 Å². The quantitative estimate of drug-likeness (QED) is 0.287. The predicted octanol–water partition coefficient (Wildman–Crippen LogP) is 4.77. The maximum Gasteiger partial charge on any atom is 0.0223 e. The van der Waals surface area contributed by atoms with Crippen molar-refractivity contribution in [1.82, 2.24) is 0 Å². The van der Waals surface area contributed by atoms with E-state index in [1.807, 2.05) is 0 Å². The fraction of sp³-hybridized carbons (Fsp3) is 1.00. The van der Waals surface area contributed by atoms with Gasteiger partial charge in [0.1, 0.15) is 0 Å². The Morgan fingerprint density at radius 2 is 1.00 bits per heavy atom. The van der Waals surface area contributed by atoms with Crippen LogP contribution < -0.4 is 0 Å². The molecule has 0 aromatic rings. The second-order valence-electron chi connectivity index (χ2n) is 3.87. The second kappa shape index (κ2) is 16.7. The minimum Gasteiger partial charge on any atom is -0.127 e. The summed E-state index contributed by atoms with van der Waals surface area (Å²) in [5, 5.41) is 0. The van der Waals surface area contributed by atoms with Gasteiger partial charge in [0, 0.05) is 35.4 Å². The molecule has 0 aliphatic rings. The third-order valence-corrected chi connectivity index (χ3v) is 2.75. The van der Waals surface area contributed by atoms with Gasteiger partial charge in [-0.2, -0.15) is 0 Å². The number of hydrogen-bond donors (Lipinski definition) is 0. The van der Waals surface area contributed by atoms with Gasteiger partial charge in [0.05, 0.1) is 0 Å². The average Bonchev–Trinajstić information content (AvgIpc) is 2.16. The number of alkyl halides is 1. The van der Waals surface area contributed by atoms with E-state index in [4.69, 9.17) is 11.6 Å². The zero-order valence-electron chi connectivity index (χ0n) is 10.2. The summed E-state index contributed by atoms with van der Waals surface area (Å²) in [6.45, 7) is 2.27. The normalized spacial score (nSPS) is 9.86. The van der Waals surface area contributed by atoms with E-state index in [0.29, 0.717) is 0 Å². The Balaban J connectivity index is 0. The van der Waals surface area contributed by atoms with Crippen molar-refractivity contribution >= 4 is 41.2 Å². The minimum atomic E-state index is 0. The van der Waals surface area contributed by atoms with Crippen LogP contribution >= 0.6 is 11.6 Å². The van der Waals surface area contributed by atoms with Crippen LogP contribution in [0.2, 0.25) is 0 Å².